The van der Waals surface area contributed by atoms with Gasteiger partial charge in [-0.05, 0) is 55.6 Å². The Bertz CT molecular complexity index is 1710. The molecule has 0 spiro atoms. The lowest BCUT2D eigenvalue weighted by molar-refractivity contribution is -0.140. The lowest BCUT2D eigenvalue weighted by Gasteiger charge is -2.35. The number of ketones is 1. The van der Waals surface area contributed by atoms with E-state index in [1.165, 1.54) is 23.5 Å². The zero-order chi connectivity index (χ0) is 39.7. The van der Waals surface area contributed by atoms with Gasteiger partial charge in [0.05, 0.1) is 24.2 Å². The minimum atomic E-state index is -1.11. The molecule has 1 aromatic heterocycles. The van der Waals surface area contributed by atoms with Gasteiger partial charge in [0.15, 0.2) is 0 Å². The Morgan fingerprint density at radius 1 is 0.836 bits per heavy atom. The molecule has 5 atom stereocenters. The Morgan fingerprint density at radius 3 is 2.16 bits per heavy atom. The summed E-state index contributed by atoms with van der Waals surface area (Å²) in [5, 5.41) is 14.2. The van der Waals surface area contributed by atoms with Gasteiger partial charge in [-0.3, -0.25) is 38.5 Å². The van der Waals surface area contributed by atoms with E-state index in [4.69, 9.17) is 0 Å². The Hall–Kier alpha value is -5.21. The van der Waals surface area contributed by atoms with Crippen molar-refractivity contribution in [3.63, 3.8) is 0 Å². The molecule has 2 aliphatic carbocycles. The van der Waals surface area contributed by atoms with Gasteiger partial charge in [0.25, 0.3) is 17.7 Å². The lowest BCUT2D eigenvalue weighted by Crippen LogP contribution is -2.61. The highest BCUT2D eigenvalue weighted by Crippen LogP contribution is 2.29. The second-order valence-electron chi connectivity index (χ2n) is 16.0. The number of Topliss-reactive ketones (excluding diaryl/α,β-unsaturated/α-hetero) is 1. The van der Waals surface area contributed by atoms with Gasteiger partial charge in [0.2, 0.25) is 23.5 Å². The summed E-state index contributed by atoms with van der Waals surface area (Å²) in [5.41, 5.74) is -0.357. The second kappa shape index (κ2) is 18.4. The average Bonchev–Trinajstić information content (AvgIpc) is 3.90. The molecule has 296 valence electrons. The summed E-state index contributed by atoms with van der Waals surface area (Å²) in [6.07, 6.45) is 10.8. The first-order chi connectivity index (χ1) is 26.3. The van der Waals surface area contributed by atoms with Crippen molar-refractivity contribution in [3.8, 4) is 0 Å². The molecular weight excluding hydrogens is 704 g/mol. The first-order valence-electron chi connectivity index (χ1n) is 19.4. The van der Waals surface area contributed by atoms with E-state index in [-0.39, 0.29) is 43.1 Å². The van der Waals surface area contributed by atoms with Crippen molar-refractivity contribution in [2.75, 3.05) is 13.1 Å². The van der Waals surface area contributed by atoms with Crippen LogP contribution in [0.4, 0.5) is 0 Å². The summed E-state index contributed by atoms with van der Waals surface area (Å²) >= 11 is 0. The fourth-order valence-corrected chi connectivity index (χ4v) is 7.29. The van der Waals surface area contributed by atoms with Gasteiger partial charge in [-0.2, -0.15) is 0 Å². The Kier molecular flexibility index (Phi) is 13.7. The van der Waals surface area contributed by atoms with E-state index < -0.39 is 70.8 Å². The summed E-state index contributed by atoms with van der Waals surface area (Å²) in [5.74, 6) is -5.21. The first kappa shape index (κ1) is 41.0. The fourth-order valence-electron chi connectivity index (χ4n) is 7.29. The summed E-state index contributed by atoms with van der Waals surface area (Å²) < 4.78 is 0. The van der Waals surface area contributed by atoms with Crippen LogP contribution in [0.1, 0.15) is 106 Å². The Morgan fingerprint density at radius 2 is 1.55 bits per heavy atom. The van der Waals surface area contributed by atoms with Crippen LogP contribution in [0.2, 0.25) is 0 Å². The van der Waals surface area contributed by atoms with Gasteiger partial charge in [0, 0.05) is 37.1 Å². The molecule has 55 heavy (non-hydrogen) atoms. The molecule has 3 aliphatic rings. The third-order valence-corrected chi connectivity index (χ3v) is 10.5. The third kappa shape index (κ3) is 10.9. The number of hydrogen-bond donors (Lipinski definition) is 5. The van der Waals surface area contributed by atoms with Gasteiger partial charge in [-0.15, -0.1) is 0 Å². The number of amides is 6. The molecule has 0 bridgehead atoms. The number of carbonyl (C=O) groups is 7. The van der Waals surface area contributed by atoms with Crippen molar-refractivity contribution >= 4 is 41.2 Å². The molecule has 5 rings (SSSR count). The number of carbonyl (C=O) groups excluding carboxylic acids is 7. The van der Waals surface area contributed by atoms with Crippen molar-refractivity contribution in [2.24, 2.45) is 17.3 Å². The SMILES string of the molecule is CCC[C@H](NC(=O)[C@@H]1CN(C(=O)c2ccccc2)CC1NC(=O)C(NC(=O)[C@@H](NC(=O)c1cnccn1)C1CCCCC1)C(C)(C)C)C(=O)C(=O)NC1CC1. The zero-order valence-electron chi connectivity index (χ0n) is 32.1. The fraction of sp³-hybridized carbons (Fsp3) is 0.575. The lowest BCUT2D eigenvalue weighted by atomic mass is 9.82. The molecule has 1 aliphatic heterocycles. The predicted molar refractivity (Wildman–Crippen MR) is 202 cm³/mol. The van der Waals surface area contributed by atoms with E-state index in [1.807, 2.05) is 6.92 Å². The largest absolute Gasteiger partial charge is 0.349 e. The van der Waals surface area contributed by atoms with Gasteiger partial charge in [-0.1, -0.05) is 71.6 Å². The van der Waals surface area contributed by atoms with Gasteiger partial charge in [0.1, 0.15) is 17.8 Å². The summed E-state index contributed by atoms with van der Waals surface area (Å²) in [6, 6.07) is 4.50. The van der Waals surface area contributed by atoms with Gasteiger partial charge in [-0.25, -0.2) is 4.98 Å². The number of hydrogen-bond acceptors (Lipinski definition) is 9. The molecule has 1 saturated heterocycles. The van der Waals surface area contributed by atoms with E-state index >= 15 is 0 Å². The monoisotopic (exact) mass is 758 g/mol. The molecule has 2 heterocycles. The van der Waals surface area contributed by atoms with E-state index in [9.17, 15) is 33.6 Å². The van der Waals surface area contributed by atoms with Crippen molar-refractivity contribution in [1.82, 2.24) is 41.5 Å². The van der Waals surface area contributed by atoms with Crippen LogP contribution in [0.25, 0.3) is 0 Å². The maximum Gasteiger partial charge on any atom is 0.289 e. The molecule has 2 saturated carbocycles. The molecule has 6 amide bonds. The van der Waals surface area contributed by atoms with Crippen LogP contribution in [0.15, 0.2) is 48.9 Å². The quantitative estimate of drug-likeness (QED) is 0.168. The minimum absolute atomic E-state index is 0.0181. The van der Waals surface area contributed by atoms with E-state index in [2.05, 4.69) is 36.6 Å². The molecule has 3 fully saturated rings. The van der Waals surface area contributed by atoms with Crippen molar-refractivity contribution in [1.29, 1.82) is 0 Å². The minimum Gasteiger partial charge on any atom is -0.349 e. The first-order valence-corrected chi connectivity index (χ1v) is 19.4. The van der Waals surface area contributed by atoms with E-state index in [0.717, 1.165) is 44.9 Å². The highest BCUT2D eigenvalue weighted by molar-refractivity contribution is 6.38. The van der Waals surface area contributed by atoms with Crippen LogP contribution in [-0.4, -0.2) is 99.4 Å². The Balaban J connectivity index is 1.36. The number of nitrogens with zero attached hydrogens (tertiary/aromatic N) is 3. The average molecular weight is 759 g/mol. The Labute approximate surface area is 321 Å². The topological polar surface area (TPSA) is 209 Å². The highest BCUT2D eigenvalue weighted by Gasteiger charge is 2.45. The number of benzene rings is 1. The molecule has 0 radical (unpaired) electrons. The molecule has 1 aromatic carbocycles. The third-order valence-electron chi connectivity index (χ3n) is 10.5. The van der Waals surface area contributed by atoms with Crippen LogP contribution >= 0.6 is 0 Å². The standard InChI is InChI=1S/C40H54N8O7/c1-5-12-28(32(49)37(53)43-26-17-18-26)44-34(50)27-22-48(39(55)25-15-10-7-11-16-25)23-30(27)45-38(54)33(40(2,3)4)47-36(52)31(24-13-8-6-9-14-24)46-35(51)29-21-41-19-20-42-29/h7,10-11,15-16,19-21,24,26-28,30-31,33H,5-6,8-9,12-14,17-18,22-23H2,1-4H3,(H,43,53)(H,44,50)(H,45,54)(H,46,51)(H,47,52)/t27-,28+,30?,31+,33?/m1/s1. The number of aromatic nitrogens is 2. The molecule has 15 nitrogen and oxygen atoms in total. The van der Waals surface area contributed by atoms with Crippen molar-refractivity contribution in [2.45, 2.75) is 116 Å². The van der Waals surface area contributed by atoms with E-state index in [1.54, 1.807) is 51.1 Å². The molecule has 2 unspecified atom stereocenters. The van der Waals surface area contributed by atoms with Crippen molar-refractivity contribution in [3.05, 3.63) is 60.2 Å². The maximum absolute atomic E-state index is 14.3. The van der Waals surface area contributed by atoms with Crippen LogP contribution in [0, 0.1) is 17.3 Å². The molecule has 2 aromatic rings. The number of rotatable bonds is 15. The van der Waals surface area contributed by atoms with E-state index in [0.29, 0.717) is 12.0 Å². The molecule has 15 heteroatoms. The number of nitrogens with one attached hydrogen (secondary N) is 5. The maximum atomic E-state index is 14.3. The summed E-state index contributed by atoms with van der Waals surface area (Å²) in [7, 11) is 0. The highest BCUT2D eigenvalue weighted by atomic mass is 16.2. The van der Waals surface area contributed by atoms with Crippen LogP contribution < -0.4 is 26.6 Å². The summed E-state index contributed by atoms with van der Waals surface area (Å²) in [4.78, 5) is 105. The van der Waals surface area contributed by atoms with Crippen LogP contribution in [0.5, 0.6) is 0 Å². The van der Waals surface area contributed by atoms with Crippen molar-refractivity contribution < 1.29 is 33.6 Å². The van der Waals surface area contributed by atoms with Crippen LogP contribution in [0.3, 0.4) is 0 Å². The normalized spacial score (nSPS) is 20.3. The second-order valence-corrected chi connectivity index (χ2v) is 16.0. The smallest absolute Gasteiger partial charge is 0.289 e. The van der Waals surface area contributed by atoms with Gasteiger partial charge >= 0.3 is 0 Å². The van der Waals surface area contributed by atoms with Crippen LogP contribution in [-0.2, 0) is 24.0 Å². The summed E-state index contributed by atoms with van der Waals surface area (Å²) in [6.45, 7) is 7.15. The zero-order valence-corrected chi connectivity index (χ0v) is 32.1. The van der Waals surface area contributed by atoms with Gasteiger partial charge < -0.3 is 31.5 Å². The number of likely N-dealkylation sites (tertiary alicyclic amines) is 1. The molecule has 5 N–H and O–H groups in total. The molecular formula is C40H54N8O7. The predicted octanol–water partition coefficient (Wildman–Crippen LogP) is 2.08.